The van der Waals surface area contributed by atoms with Crippen LogP contribution in [-0.2, 0) is 0 Å². The van der Waals surface area contributed by atoms with E-state index in [0.29, 0.717) is 0 Å². The van der Waals surface area contributed by atoms with Crippen molar-refractivity contribution < 1.29 is 0 Å². The van der Waals surface area contributed by atoms with Crippen LogP contribution in [0.4, 0.5) is 0 Å². The van der Waals surface area contributed by atoms with Gasteiger partial charge >= 0.3 is 0 Å². The zero-order valence-electron chi connectivity index (χ0n) is 14.3. The molecule has 0 aliphatic heterocycles. The Morgan fingerprint density at radius 2 is 1.00 bits per heavy atom. The van der Waals surface area contributed by atoms with E-state index >= 15 is 0 Å². The van der Waals surface area contributed by atoms with Crippen LogP contribution in [0.2, 0.25) is 0 Å². The summed E-state index contributed by atoms with van der Waals surface area (Å²) in [6, 6.07) is 0. The lowest BCUT2D eigenvalue weighted by molar-refractivity contribution is 1.30. The highest BCUT2D eigenvalue weighted by atomic mass is 14.2. The fourth-order valence-electron chi connectivity index (χ4n) is 3.45. The quantitative estimate of drug-likeness (QED) is 0.530. The minimum absolute atomic E-state index is 1.24. The highest BCUT2D eigenvalue weighted by Gasteiger charge is 2.18. The third-order valence-corrected chi connectivity index (χ3v) is 4.72. The van der Waals surface area contributed by atoms with Crippen molar-refractivity contribution in [3.63, 3.8) is 0 Å². The van der Waals surface area contributed by atoms with Crippen molar-refractivity contribution in [3.05, 3.63) is 142 Å². The van der Waals surface area contributed by atoms with Gasteiger partial charge in [-0.25, -0.2) is 0 Å². The number of hydrogen-bond acceptors (Lipinski definition) is 0. The van der Waals surface area contributed by atoms with Gasteiger partial charge in [0.15, 0.2) is 0 Å². The summed E-state index contributed by atoms with van der Waals surface area (Å²) in [4.78, 5) is 0. The molecule has 0 bridgehead atoms. The molecule has 0 saturated carbocycles. The van der Waals surface area contributed by atoms with Gasteiger partial charge in [-0.1, -0.05) is 103 Å². The molecule has 0 heteroatoms. The van der Waals surface area contributed by atoms with E-state index < -0.39 is 0 Å². The van der Waals surface area contributed by atoms with Crippen molar-refractivity contribution >= 4 is 0 Å². The van der Waals surface area contributed by atoms with Crippen LogP contribution in [0.15, 0.2) is 142 Å². The molecule has 4 aliphatic carbocycles. The number of hydrogen-bond donors (Lipinski definition) is 0. The van der Waals surface area contributed by atoms with Crippen molar-refractivity contribution in [2.45, 2.75) is 6.92 Å². The van der Waals surface area contributed by atoms with Gasteiger partial charge in [-0.05, 0) is 45.9 Å². The number of rotatable bonds is 1. The molecule has 25 heavy (non-hydrogen) atoms. The first kappa shape index (κ1) is 15.4. The van der Waals surface area contributed by atoms with E-state index in [1.807, 2.05) is 0 Å². The van der Waals surface area contributed by atoms with E-state index in [1.165, 1.54) is 39.0 Å². The van der Waals surface area contributed by atoms with E-state index in [0.717, 1.165) is 0 Å². The summed E-state index contributed by atoms with van der Waals surface area (Å²) in [7, 11) is 0. The van der Waals surface area contributed by atoms with Gasteiger partial charge in [0.2, 0.25) is 0 Å². The zero-order chi connectivity index (χ0) is 17.1. The van der Waals surface area contributed by atoms with Crippen LogP contribution in [0.3, 0.4) is 0 Å². The summed E-state index contributed by atoms with van der Waals surface area (Å²) in [5.74, 6) is 0. The highest BCUT2D eigenvalue weighted by Crippen LogP contribution is 2.37. The predicted octanol–water partition coefficient (Wildman–Crippen LogP) is 6.33. The fraction of sp³-hybridized carbons (Fsp3) is 0.0400. The average Bonchev–Trinajstić information content (AvgIpc) is 3.09. The molecule has 0 nitrogen and oxygen atoms in total. The van der Waals surface area contributed by atoms with E-state index in [-0.39, 0.29) is 0 Å². The van der Waals surface area contributed by atoms with Crippen molar-refractivity contribution in [2.75, 3.05) is 0 Å². The second kappa shape index (κ2) is 6.78. The maximum Gasteiger partial charge on any atom is -0.0103 e. The lowest BCUT2D eigenvalue weighted by Crippen LogP contribution is -1.99. The van der Waals surface area contributed by atoms with Crippen LogP contribution in [-0.4, -0.2) is 0 Å². The smallest absolute Gasteiger partial charge is 0.0103 e. The van der Waals surface area contributed by atoms with Crippen LogP contribution in [0.5, 0.6) is 0 Å². The Morgan fingerprint density at radius 1 is 0.440 bits per heavy atom. The first-order chi connectivity index (χ1) is 12.3. The Balaban J connectivity index is 1.89. The maximum absolute atomic E-state index is 2.23. The molecule has 0 unspecified atom stereocenters. The van der Waals surface area contributed by atoms with Crippen molar-refractivity contribution in [1.82, 2.24) is 0 Å². The highest BCUT2D eigenvalue weighted by molar-refractivity contribution is 5.71. The lowest BCUT2D eigenvalue weighted by atomic mass is 9.86. The first-order valence-corrected chi connectivity index (χ1v) is 8.64. The van der Waals surface area contributed by atoms with Gasteiger partial charge in [0, 0.05) is 0 Å². The van der Waals surface area contributed by atoms with Gasteiger partial charge < -0.3 is 0 Å². The minimum atomic E-state index is 1.24. The molecule has 0 saturated heterocycles. The van der Waals surface area contributed by atoms with Crippen molar-refractivity contribution in [3.8, 4) is 0 Å². The molecule has 0 amide bonds. The molecule has 0 aromatic carbocycles. The van der Waals surface area contributed by atoms with E-state index in [2.05, 4.69) is 110 Å². The predicted molar refractivity (Wildman–Crippen MR) is 108 cm³/mol. The minimum Gasteiger partial charge on any atom is -0.0622 e. The summed E-state index contributed by atoms with van der Waals surface area (Å²) >= 11 is 0. The molecule has 120 valence electrons. The molecular weight excluding hydrogens is 300 g/mol. The van der Waals surface area contributed by atoms with Crippen molar-refractivity contribution in [1.29, 1.82) is 0 Å². The Morgan fingerprint density at radius 3 is 1.80 bits per heavy atom. The monoisotopic (exact) mass is 320 g/mol. The maximum atomic E-state index is 2.23. The Labute approximate surface area is 149 Å². The van der Waals surface area contributed by atoms with E-state index in [4.69, 9.17) is 0 Å². The summed E-state index contributed by atoms with van der Waals surface area (Å²) in [5, 5.41) is 0. The fourth-order valence-corrected chi connectivity index (χ4v) is 3.45. The summed E-state index contributed by atoms with van der Waals surface area (Å²) < 4.78 is 0. The Hall–Kier alpha value is -3.12. The lowest BCUT2D eigenvalue weighted by Gasteiger charge is -2.17. The molecule has 0 spiro atoms. The van der Waals surface area contributed by atoms with Crippen LogP contribution in [0.25, 0.3) is 0 Å². The molecule has 0 N–H and O–H groups in total. The molecule has 0 aromatic heterocycles. The number of allylic oxidation sites excluding steroid dienone is 24. The second-order valence-electron chi connectivity index (χ2n) is 6.26. The standard InChI is InChI=1S/C25H20/c1-19-22-15-6-2-4-11-20(22)14-10-18-23(19)25-17-9-8-13-21-12-5-3-7-16-24(21)25/h2-18H,1H3. The van der Waals surface area contributed by atoms with Crippen LogP contribution >= 0.6 is 0 Å². The Kier molecular flexibility index (Phi) is 4.18. The molecule has 0 fully saturated rings. The van der Waals surface area contributed by atoms with Gasteiger partial charge in [-0.3, -0.25) is 0 Å². The van der Waals surface area contributed by atoms with E-state index in [1.54, 1.807) is 0 Å². The second-order valence-corrected chi connectivity index (χ2v) is 6.26. The zero-order valence-corrected chi connectivity index (χ0v) is 14.3. The largest absolute Gasteiger partial charge is 0.0622 e. The molecular formula is C25H20. The van der Waals surface area contributed by atoms with Gasteiger partial charge in [0.25, 0.3) is 0 Å². The summed E-state index contributed by atoms with van der Waals surface area (Å²) in [5.41, 5.74) is 8.87. The molecule has 0 radical (unpaired) electrons. The van der Waals surface area contributed by atoms with Crippen molar-refractivity contribution in [2.24, 2.45) is 0 Å². The SMILES string of the molecule is CC1=C(C2=CC=CC=C3C=CC=CC=C32)C=CC=C2C=CC=CC=C21. The van der Waals surface area contributed by atoms with Crippen LogP contribution < -0.4 is 0 Å². The van der Waals surface area contributed by atoms with Gasteiger partial charge in [0.1, 0.15) is 0 Å². The van der Waals surface area contributed by atoms with Crippen LogP contribution in [0, 0.1) is 0 Å². The molecule has 4 aliphatic rings. The Bertz CT molecular complexity index is 965. The normalized spacial score (nSPS) is 21.1. The summed E-state index contributed by atoms with van der Waals surface area (Å²) in [6.45, 7) is 2.22. The first-order valence-electron chi connectivity index (χ1n) is 8.64. The molecule has 0 atom stereocenters. The average molecular weight is 320 g/mol. The van der Waals surface area contributed by atoms with Gasteiger partial charge in [0.05, 0.1) is 0 Å². The summed E-state index contributed by atoms with van der Waals surface area (Å²) in [6.07, 6.45) is 36.6. The molecule has 0 heterocycles. The topological polar surface area (TPSA) is 0 Å². The third kappa shape index (κ3) is 2.99. The van der Waals surface area contributed by atoms with E-state index in [9.17, 15) is 0 Å². The van der Waals surface area contributed by atoms with Gasteiger partial charge in [-0.2, -0.15) is 0 Å². The van der Waals surface area contributed by atoms with Gasteiger partial charge in [-0.15, -0.1) is 0 Å². The number of fused-ring (bicyclic) bond motifs is 2. The van der Waals surface area contributed by atoms with Crippen LogP contribution in [0.1, 0.15) is 6.92 Å². The molecule has 0 aromatic rings. The molecule has 4 rings (SSSR count). The third-order valence-electron chi connectivity index (χ3n) is 4.72.